The van der Waals surface area contributed by atoms with Crippen molar-refractivity contribution in [1.29, 1.82) is 0 Å². The number of nitrogens with zero attached hydrogens (tertiary/aromatic N) is 1. The lowest BCUT2D eigenvalue weighted by Crippen LogP contribution is -2.57. The fourth-order valence-electron chi connectivity index (χ4n) is 3.01. The summed E-state index contributed by atoms with van der Waals surface area (Å²) in [6.45, 7) is 3.23. The highest BCUT2D eigenvalue weighted by atomic mass is 32.2. The number of nitrogens with one attached hydrogen (secondary N) is 1. The van der Waals surface area contributed by atoms with Crippen molar-refractivity contribution in [3.05, 3.63) is 0 Å². The molecule has 1 heterocycles. The topological polar surface area (TPSA) is 58.4 Å². The summed E-state index contributed by atoms with van der Waals surface area (Å²) in [5.41, 5.74) is 5.58. The molecule has 1 amide bonds. The number of nitrogens with two attached hydrogens (primary N) is 1. The van der Waals surface area contributed by atoms with Crippen molar-refractivity contribution < 1.29 is 4.79 Å². The number of hydrogen-bond acceptors (Lipinski definition) is 4. The summed E-state index contributed by atoms with van der Waals surface area (Å²) in [6, 6.07) is 0. The zero-order chi connectivity index (χ0) is 12.1. The molecule has 2 aliphatic rings. The third-order valence-electron chi connectivity index (χ3n) is 4.02. The number of rotatable bonds is 4. The number of hydrogen-bond donors (Lipinski definition) is 2. The van der Waals surface area contributed by atoms with Crippen molar-refractivity contribution in [2.24, 2.45) is 5.73 Å². The van der Waals surface area contributed by atoms with Crippen LogP contribution in [0.2, 0.25) is 0 Å². The van der Waals surface area contributed by atoms with Crippen LogP contribution in [0.15, 0.2) is 0 Å². The second-order valence-electron chi connectivity index (χ2n) is 5.01. The monoisotopic (exact) mass is 257 g/mol. The quantitative estimate of drug-likeness (QED) is 0.766. The van der Waals surface area contributed by atoms with Crippen LogP contribution in [0.5, 0.6) is 0 Å². The van der Waals surface area contributed by atoms with Gasteiger partial charge in [-0.05, 0) is 12.8 Å². The Kier molecular flexibility index (Phi) is 4.70. The van der Waals surface area contributed by atoms with Gasteiger partial charge in [-0.15, -0.1) is 0 Å². The first kappa shape index (κ1) is 13.2. The lowest BCUT2D eigenvalue weighted by atomic mass is 9.94. The standard InChI is InChI=1S/C12H23N3OS/c13-9-11(16)14-10-12(3-1-2-4-12)15-5-7-17-8-6-15/h1-10,13H2,(H,14,16). The normalized spacial score (nSPS) is 24.8. The molecule has 0 aromatic rings. The molecule has 5 heteroatoms. The average Bonchev–Trinajstić information content (AvgIpc) is 2.87. The molecule has 0 spiro atoms. The van der Waals surface area contributed by atoms with Gasteiger partial charge in [0.1, 0.15) is 0 Å². The summed E-state index contributed by atoms with van der Waals surface area (Å²) < 4.78 is 0. The largest absolute Gasteiger partial charge is 0.353 e. The number of carbonyl (C=O) groups excluding carboxylic acids is 1. The van der Waals surface area contributed by atoms with Crippen LogP contribution in [-0.4, -0.2) is 54.0 Å². The smallest absolute Gasteiger partial charge is 0.233 e. The minimum Gasteiger partial charge on any atom is -0.353 e. The molecular formula is C12H23N3OS. The van der Waals surface area contributed by atoms with Crippen LogP contribution in [-0.2, 0) is 4.79 Å². The zero-order valence-electron chi connectivity index (χ0n) is 10.4. The molecule has 98 valence electrons. The summed E-state index contributed by atoms with van der Waals surface area (Å²) in [4.78, 5) is 13.9. The summed E-state index contributed by atoms with van der Waals surface area (Å²) in [5.74, 6) is 2.43. The lowest BCUT2D eigenvalue weighted by Gasteiger charge is -2.43. The van der Waals surface area contributed by atoms with Crippen molar-refractivity contribution in [2.45, 2.75) is 31.2 Å². The maximum Gasteiger partial charge on any atom is 0.233 e. The molecule has 1 saturated carbocycles. The Hall–Kier alpha value is -0.260. The van der Waals surface area contributed by atoms with Crippen LogP contribution in [0, 0.1) is 0 Å². The first-order valence-electron chi connectivity index (χ1n) is 6.56. The van der Waals surface area contributed by atoms with Crippen molar-refractivity contribution in [3.8, 4) is 0 Å². The van der Waals surface area contributed by atoms with E-state index >= 15 is 0 Å². The molecule has 0 bridgehead atoms. The third-order valence-corrected chi connectivity index (χ3v) is 4.96. The van der Waals surface area contributed by atoms with Gasteiger partial charge >= 0.3 is 0 Å². The Bertz CT molecular complexity index is 260. The van der Waals surface area contributed by atoms with Crippen molar-refractivity contribution in [3.63, 3.8) is 0 Å². The molecule has 4 nitrogen and oxygen atoms in total. The van der Waals surface area contributed by atoms with E-state index in [1.807, 2.05) is 11.8 Å². The Balaban J connectivity index is 1.95. The lowest BCUT2D eigenvalue weighted by molar-refractivity contribution is -0.120. The van der Waals surface area contributed by atoms with Gasteiger partial charge in [0.05, 0.1) is 6.54 Å². The van der Waals surface area contributed by atoms with E-state index in [-0.39, 0.29) is 18.0 Å². The van der Waals surface area contributed by atoms with Gasteiger partial charge in [-0.3, -0.25) is 9.69 Å². The molecule has 1 aliphatic carbocycles. The predicted molar refractivity (Wildman–Crippen MR) is 72.2 cm³/mol. The van der Waals surface area contributed by atoms with Crippen LogP contribution in [0.3, 0.4) is 0 Å². The van der Waals surface area contributed by atoms with Gasteiger partial charge in [-0.2, -0.15) is 11.8 Å². The Morgan fingerprint density at radius 3 is 2.53 bits per heavy atom. The second-order valence-corrected chi connectivity index (χ2v) is 6.24. The average molecular weight is 257 g/mol. The third kappa shape index (κ3) is 3.14. The van der Waals surface area contributed by atoms with E-state index in [9.17, 15) is 4.79 Å². The van der Waals surface area contributed by atoms with Gasteiger partial charge in [0.15, 0.2) is 0 Å². The molecule has 3 N–H and O–H groups in total. The first-order chi connectivity index (χ1) is 8.27. The van der Waals surface area contributed by atoms with Crippen LogP contribution in [0.4, 0.5) is 0 Å². The van der Waals surface area contributed by atoms with E-state index in [4.69, 9.17) is 5.73 Å². The number of carbonyl (C=O) groups is 1. The highest BCUT2D eigenvalue weighted by molar-refractivity contribution is 7.99. The van der Waals surface area contributed by atoms with Crippen LogP contribution < -0.4 is 11.1 Å². The fraction of sp³-hybridized carbons (Fsp3) is 0.917. The molecule has 0 radical (unpaired) electrons. The van der Waals surface area contributed by atoms with Crippen molar-refractivity contribution >= 4 is 17.7 Å². The Labute approximate surface area is 108 Å². The number of thioether (sulfide) groups is 1. The van der Waals surface area contributed by atoms with E-state index in [2.05, 4.69) is 10.2 Å². The first-order valence-corrected chi connectivity index (χ1v) is 7.72. The molecule has 1 saturated heterocycles. The molecule has 0 aromatic carbocycles. The number of amides is 1. The molecule has 1 aliphatic heterocycles. The Morgan fingerprint density at radius 1 is 1.29 bits per heavy atom. The molecule has 17 heavy (non-hydrogen) atoms. The molecular weight excluding hydrogens is 234 g/mol. The summed E-state index contributed by atoms with van der Waals surface area (Å²) in [7, 11) is 0. The second kappa shape index (κ2) is 6.07. The molecule has 2 fully saturated rings. The minimum atomic E-state index is -0.0253. The summed E-state index contributed by atoms with van der Waals surface area (Å²) in [6.07, 6.45) is 5.04. The van der Waals surface area contributed by atoms with Crippen molar-refractivity contribution in [2.75, 3.05) is 37.7 Å². The SMILES string of the molecule is NCC(=O)NCC1(N2CCSCC2)CCCC1. The zero-order valence-corrected chi connectivity index (χ0v) is 11.2. The summed E-state index contributed by atoms with van der Waals surface area (Å²) >= 11 is 2.04. The maximum absolute atomic E-state index is 11.3. The van der Waals surface area contributed by atoms with E-state index in [1.165, 1.54) is 50.3 Å². The summed E-state index contributed by atoms with van der Waals surface area (Å²) in [5, 5.41) is 3.00. The van der Waals surface area contributed by atoms with Gasteiger partial charge < -0.3 is 11.1 Å². The highest BCUT2D eigenvalue weighted by Crippen LogP contribution is 2.36. The van der Waals surface area contributed by atoms with Crippen LogP contribution >= 0.6 is 11.8 Å². The van der Waals surface area contributed by atoms with Gasteiger partial charge in [0, 0.05) is 36.7 Å². The van der Waals surface area contributed by atoms with Crippen LogP contribution in [0.25, 0.3) is 0 Å². The van der Waals surface area contributed by atoms with E-state index in [1.54, 1.807) is 0 Å². The molecule has 0 aromatic heterocycles. The molecule has 0 unspecified atom stereocenters. The minimum absolute atomic E-state index is 0.0253. The van der Waals surface area contributed by atoms with Crippen LogP contribution in [0.1, 0.15) is 25.7 Å². The van der Waals surface area contributed by atoms with Gasteiger partial charge in [-0.25, -0.2) is 0 Å². The molecule has 0 atom stereocenters. The van der Waals surface area contributed by atoms with E-state index in [0.717, 1.165) is 6.54 Å². The maximum atomic E-state index is 11.3. The van der Waals surface area contributed by atoms with Crippen molar-refractivity contribution in [1.82, 2.24) is 10.2 Å². The van der Waals surface area contributed by atoms with Gasteiger partial charge in [0.2, 0.25) is 5.91 Å². The predicted octanol–water partition coefficient (Wildman–Crippen LogP) is 0.423. The molecule has 2 rings (SSSR count). The highest BCUT2D eigenvalue weighted by Gasteiger charge is 2.39. The van der Waals surface area contributed by atoms with E-state index < -0.39 is 0 Å². The fourth-order valence-corrected chi connectivity index (χ4v) is 3.91. The van der Waals surface area contributed by atoms with E-state index in [0.29, 0.717) is 0 Å². The Morgan fingerprint density at radius 2 is 1.94 bits per heavy atom. The van der Waals surface area contributed by atoms with Gasteiger partial charge in [0.25, 0.3) is 0 Å². The van der Waals surface area contributed by atoms with Gasteiger partial charge in [-0.1, -0.05) is 12.8 Å².